The van der Waals surface area contributed by atoms with Crippen molar-refractivity contribution in [1.82, 2.24) is 30.0 Å². The molecule has 0 saturated carbocycles. The van der Waals surface area contributed by atoms with Crippen molar-refractivity contribution in [2.45, 2.75) is 44.5 Å². The second-order valence-corrected chi connectivity index (χ2v) is 12.4. The second-order valence-electron chi connectivity index (χ2n) is 12.4. The number of aromatic nitrogens is 5. The molecule has 3 aromatic heterocycles. The van der Waals surface area contributed by atoms with E-state index in [-0.39, 0.29) is 28.5 Å². The van der Waals surface area contributed by atoms with Crippen LogP contribution in [-0.2, 0) is 4.79 Å². The van der Waals surface area contributed by atoms with Crippen LogP contribution >= 0.6 is 0 Å². The predicted octanol–water partition coefficient (Wildman–Crippen LogP) is 5.42. The quantitative estimate of drug-likeness (QED) is 0.182. The van der Waals surface area contributed by atoms with Crippen molar-refractivity contribution in [3.8, 4) is 22.7 Å². The summed E-state index contributed by atoms with van der Waals surface area (Å²) in [6.07, 6.45) is -1.85. The van der Waals surface area contributed by atoms with Gasteiger partial charge in [-0.1, -0.05) is 24.3 Å². The Morgan fingerprint density at radius 1 is 1.09 bits per heavy atom. The van der Waals surface area contributed by atoms with Gasteiger partial charge in [-0.05, 0) is 72.4 Å². The molecule has 2 aliphatic heterocycles. The number of carboxylic acid groups (broad SMARTS) is 1. The van der Waals surface area contributed by atoms with Crippen molar-refractivity contribution >= 4 is 28.6 Å². The van der Waals surface area contributed by atoms with Gasteiger partial charge in [-0.3, -0.25) is 4.79 Å². The number of anilines is 2. The SMILES string of the molecule is Cc1ccn(-c2cc(-c3ccc4cc[nH]c4c3)ccc2[C@@H](Oc2cc(N3CCC4(CC3)CNC(C(=O)O)C4)nc(N)n2)C(F)(F)F)n1. The zero-order chi connectivity index (χ0) is 32.9. The van der Waals surface area contributed by atoms with Crippen LogP contribution < -0.4 is 20.7 Å². The van der Waals surface area contributed by atoms with Crippen LogP contribution in [0.4, 0.5) is 24.9 Å². The molecule has 2 fully saturated rings. The molecule has 7 rings (SSSR count). The number of rotatable bonds is 7. The number of alkyl halides is 3. The van der Waals surface area contributed by atoms with Gasteiger partial charge >= 0.3 is 12.1 Å². The van der Waals surface area contributed by atoms with Crippen LogP contribution in [0, 0.1) is 12.3 Å². The van der Waals surface area contributed by atoms with E-state index in [2.05, 4.69) is 25.4 Å². The van der Waals surface area contributed by atoms with Crippen LogP contribution in [0.15, 0.2) is 67.0 Å². The van der Waals surface area contributed by atoms with E-state index in [4.69, 9.17) is 10.5 Å². The molecule has 1 unspecified atom stereocenters. The number of nitrogens with zero attached hydrogens (tertiary/aromatic N) is 5. The lowest BCUT2D eigenvalue weighted by molar-refractivity contribution is -0.198. The number of carbonyl (C=O) groups is 1. The normalized spacial score (nSPS) is 18.6. The molecule has 11 nitrogen and oxygen atoms in total. The third-order valence-electron chi connectivity index (χ3n) is 9.22. The van der Waals surface area contributed by atoms with E-state index in [1.165, 1.54) is 16.8 Å². The maximum atomic E-state index is 14.9. The van der Waals surface area contributed by atoms with Gasteiger partial charge in [0.2, 0.25) is 17.9 Å². The van der Waals surface area contributed by atoms with Gasteiger partial charge in [0.15, 0.2) is 0 Å². The maximum Gasteiger partial charge on any atom is 0.429 e. The summed E-state index contributed by atoms with van der Waals surface area (Å²) in [5, 5.41) is 17.9. The summed E-state index contributed by atoms with van der Waals surface area (Å²) in [5.74, 6) is -1.05. The fourth-order valence-corrected chi connectivity index (χ4v) is 6.68. The maximum absolute atomic E-state index is 14.9. The molecule has 2 atom stereocenters. The van der Waals surface area contributed by atoms with Crippen molar-refractivity contribution < 1.29 is 27.8 Å². The second kappa shape index (κ2) is 11.6. The largest absolute Gasteiger partial charge is 0.480 e. The third-order valence-corrected chi connectivity index (χ3v) is 9.22. The highest BCUT2D eigenvalue weighted by Gasteiger charge is 2.46. The molecular formula is C33H33F3N8O3. The van der Waals surface area contributed by atoms with Gasteiger partial charge in [-0.2, -0.15) is 28.2 Å². The number of carboxylic acids is 1. The number of hydrogen-bond donors (Lipinski definition) is 4. The van der Waals surface area contributed by atoms with E-state index in [1.54, 1.807) is 31.3 Å². The number of nitrogens with two attached hydrogens (primary N) is 1. The highest BCUT2D eigenvalue weighted by molar-refractivity contribution is 5.85. The Morgan fingerprint density at radius 3 is 2.55 bits per heavy atom. The number of benzene rings is 2. The number of hydrogen-bond acceptors (Lipinski definition) is 8. The summed E-state index contributed by atoms with van der Waals surface area (Å²) >= 11 is 0. The Bertz CT molecular complexity index is 1950. The molecule has 47 heavy (non-hydrogen) atoms. The number of ether oxygens (including phenoxy) is 1. The number of aliphatic carboxylic acids is 1. The number of halogens is 3. The van der Waals surface area contributed by atoms with Gasteiger partial charge in [-0.15, -0.1) is 0 Å². The van der Waals surface area contributed by atoms with Gasteiger partial charge in [0, 0.05) is 49.2 Å². The van der Waals surface area contributed by atoms with E-state index >= 15 is 0 Å². The monoisotopic (exact) mass is 646 g/mol. The molecule has 2 saturated heterocycles. The summed E-state index contributed by atoms with van der Waals surface area (Å²) in [4.78, 5) is 24.9. The number of nitrogens with one attached hydrogen (secondary N) is 2. The summed E-state index contributed by atoms with van der Waals surface area (Å²) in [7, 11) is 0. The number of nitrogen functional groups attached to an aromatic ring is 1. The Morgan fingerprint density at radius 2 is 1.85 bits per heavy atom. The zero-order valence-corrected chi connectivity index (χ0v) is 25.5. The first-order chi connectivity index (χ1) is 22.5. The van der Waals surface area contributed by atoms with E-state index in [0.29, 0.717) is 56.0 Å². The van der Waals surface area contributed by atoms with Gasteiger partial charge in [0.25, 0.3) is 0 Å². The van der Waals surface area contributed by atoms with Gasteiger partial charge in [0.05, 0.1) is 11.4 Å². The summed E-state index contributed by atoms with van der Waals surface area (Å²) < 4.78 is 51.7. The molecule has 0 amide bonds. The lowest BCUT2D eigenvalue weighted by Gasteiger charge is -2.39. The Balaban J connectivity index is 1.20. The summed E-state index contributed by atoms with van der Waals surface area (Å²) in [6, 6.07) is 15.0. The molecule has 0 aliphatic carbocycles. The Hall–Kier alpha value is -5.11. The van der Waals surface area contributed by atoms with Crippen LogP contribution in [-0.4, -0.2) is 67.7 Å². The summed E-state index contributed by atoms with van der Waals surface area (Å²) in [6.45, 7) is 3.43. The molecule has 2 aromatic carbocycles. The van der Waals surface area contributed by atoms with E-state index in [1.807, 2.05) is 35.4 Å². The smallest absolute Gasteiger partial charge is 0.429 e. The molecule has 2 aliphatic rings. The number of aromatic amines is 1. The lowest BCUT2D eigenvalue weighted by Crippen LogP contribution is -2.41. The Kier molecular flexibility index (Phi) is 7.54. The van der Waals surface area contributed by atoms with Gasteiger partial charge in [-0.25, -0.2) is 4.68 Å². The summed E-state index contributed by atoms with van der Waals surface area (Å²) in [5.41, 5.74) is 8.98. The highest BCUT2D eigenvalue weighted by Crippen LogP contribution is 2.43. The average molecular weight is 647 g/mol. The van der Waals surface area contributed by atoms with Crippen molar-refractivity contribution in [2.24, 2.45) is 5.41 Å². The van der Waals surface area contributed by atoms with Crippen molar-refractivity contribution in [2.75, 3.05) is 30.3 Å². The molecule has 5 aromatic rings. The molecule has 5 heterocycles. The highest BCUT2D eigenvalue weighted by atomic mass is 19.4. The first-order valence-electron chi connectivity index (χ1n) is 15.3. The number of H-pyrrole nitrogens is 1. The zero-order valence-electron chi connectivity index (χ0n) is 25.5. The molecule has 1 spiro atoms. The molecule has 0 radical (unpaired) electrons. The van der Waals surface area contributed by atoms with Crippen molar-refractivity contribution in [3.63, 3.8) is 0 Å². The van der Waals surface area contributed by atoms with Crippen molar-refractivity contribution in [1.29, 1.82) is 0 Å². The number of piperidine rings is 1. The molecule has 5 N–H and O–H groups in total. The first kappa shape index (κ1) is 30.5. The van der Waals surface area contributed by atoms with Crippen LogP contribution in [0.2, 0.25) is 0 Å². The molecular weight excluding hydrogens is 613 g/mol. The van der Waals surface area contributed by atoms with Crippen LogP contribution in [0.5, 0.6) is 5.88 Å². The number of aryl methyl sites for hydroxylation is 1. The standard InChI is InChI=1S/C33H33F3N8O3/c1-19-7-11-44(42-19)26-15-22(21-3-2-20-6-10-38-24(20)14-21)4-5-23(26)29(33(34,35)36)47-28-16-27(40-31(37)41-28)43-12-8-32(9-13-43)17-25(30(45)46)39-18-32/h2-7,10-11,14-16,25,29,38-39H,8-9,12-13,17-18H2,1H3,(H,45,46)(H2,37,40,41)/t25?,29-/m1/s1. The average Bonchev–Trinajstić information content (AvgIpc) is 3.79. The third kappa shape index (κ3) is 6.08. The molecule has 0 bridgehead atoms. The topological polar surface area (TPSA) is 147 Å². The molecule has 244 valence electrons. The van der Waals surface area contributed by atoms with E-state index in [0.717, 1.165) is 16.5 Å². The fourth-order valence-electron chi connectivity index (χ4n) is 6.68. The van der Waals surface area contributed by atoms with Crippen molar-refractivity contribution in [3.05, 3.63) is 78.2 Å². The van der Waals surface area contributed by atoms with Gasteiger partial charge < -0.3 is 30.8 Å². The predicted molar refractivity (Wildman–Crippen MR) is 169 cm³/mol. The van der Waals surface area contributed by atoms with Crippen LogP contribution in [0.25, 0.3) is 27.7 Å². The van der Waals surface area contributed by atoms with Crippen LogP contribution in [0.3, 0.4) is 0 Å². The minimum absolute atomic E-state index is 0.148. The van der Waals surface area contributed by atoms with Gasteiger partial charge in [0.1, 0.15) is 11.9 Å². The Labute approximate surface area is 267 Å². The van der Waals surface area contributed by atoms with E-state index in [9.17, 15) is 23.1 Å². The van der Waals surface area contributed by atoms with Crippen LogP contribution in [0.1, 0.15) is 36.6 Å². The molecule has 14 heteroatoms. The number of fused-ring (bicyclic) bond motifs is 1. The fraction of sp³-hybridized carbons (Fsp3) is 0.333. The minimum atomic E-state index is -4.82. The lowest BCUT2D eigenvalue weighted by atomic mass is 9.76. The minimum Gasteiger partial charge on any atom is -0.480 e. The first-order valence-corrected chi connectivity index (χ1v) is 15.3. The van der Waals surface area contributed by atoms with E-state index < -0.39 is 24.3 Å².